The van der Waals surface area contributed by atoms with Crippen molar-refractivity contribution >= 4 is 11.6 Å². The van der Waals surface area contributed by atoms with Crippen LogP contribution in [0, 0.1) is 0 Å². The van der Waals surface area contributed by atoms with E-state index in [1.54, 1.807) is 25.3 Å². The number of likely N-dealkylation sites (N-methyl/N-ethyl adjacent to an activating group) is 1. The summed E-state index contributed by atoms with van der Waals surface area (Å²) in [6.07, 6.45) is 2.53. The van der Waals surface area contributed by atoms with Crippen LogP contribution in [0.5, 0.6) is 5.75 Å². The molecule has 110 valence electrons. The summed E-state index contributed by atoms with van der Waals surface area (Å²) in [6.45, 7) is 2.74. The molecule has 0 aliphatic heterocycles. The number of nitrogens with two attached hydrogens (primary N) is 1. The Balaban J connectivity index is 1.91. The highest BCUT2D eigenvalue weighted by atomic mass is 16.5. The number of methoxy groups -OCH3 is 1. The van der Waals surface area contributed by atoms with Crippen molar-refractivity contribution in [2.24, 2.45) is 0 Å². The molecule has 0 aromatic heterocycles. The van der Waals surface area contributed by atoms with Crippen LogP contribution in [0.15, 0.2) is 18.2 Å². The number of hydrogen-bond donors (Lipinski definition) is 2. The molecule has 1 amide bonds. The van der Waals surface area contributed by atoms with Gasteiger partial charge in [-0.1, -0.05) is 0 Å². The summed E-state index contributed by atoms with van der Waals surface area (Å²) >= 11 is 0. The van der Waals surface area contributed by atoms with Gasteiger partial charge >= 0.3 is 0 Å². The number of benzene rings is 1. The van der Waals surface area contributed by atoms with Gasteiger partial charge in [-0.3, -0.25) is 9.69 Å². The molecular weight excluding hydrogens is 254 g/mol. The number of nitrogens with zero attached hydrogens (tertiary/aromatic N) is 1. The smallest absolute Gasteiger partial charge is 0.253 e. The monoisotopic (exact) mass is 277 g/mol. The number of nitrogens with one attached hydrogen (secondary N) is 1. The summed E-state index contributed by atoms with van der Waals surface area (Å²) in [5.41, 5.74) is 6.80. The maximum Gasteiger partial charge on any atom is 0.253 e. The number of rotatable bonds is 6. The summed E-state index contributed by atoms with van der Waals surface area (Å²) < 4.78 is 5.07. The Bertz CT molecular complexity index is 486. The van der Waals surface area contributed by atoms with Gasteiger partial charge in [-0.15, -0.1) is 0 Å². The van der Waals surface area contributed by atoms with E-state index in [2.05, 4.69) is 24.2 Å². The van der Waals surface area contributed by atoms with Gasteiger partial charge in [0.05, 0.1) is 12.7 Å². The minimum absolute atomic E-state index is 0.138. The fourth-order valence-corrected chi connectivity index (χ4v) is 2.20. The molecule has 5 heteroatoms. The first-order chi connectivity index (χ1) is 9.52. The molecule has 5 nitrogen and oxygen atoms in total. The first-order valence-electron chi connectivity index (χ1n) is 6.96. The number of amides is 1. The molecular formula is C15H23N3O2. The van der Waals surface area contributed by atoms with E-state index < -0.39 is 0 Å². The molecule has 0 radical (unpaired) electrons. The van der Waals surface area contributed by atoms with Gasteiger partial charge in [0.1, 0.15) is 5.75 Å². The number of ether oxygens (including phenoxy) is 1. The number of nitrogen functional groups attached to an aromatic ring is 1. The molecule has 1 aromatic rings. The Morgan fingerprint density at radius 3 is 2.80 bits per heavy atom. The average molecular weight is 277 g/mol. The van der Waals surface area contributed by atoms with Crippen LogP contribution < -0.4 is 15.8 Å². The van der Waals surface area contributed by atoms with Crippen LogP contribution in [-0.4, -0.2) is 43.6 Å². The van der Waals surface area contributed by atoms with E-state index in [0.717, 1.165) is 0 Å². The standard InChI is InChI=1S/C15H23N3O2/c1-10(18(2)11-4-5-11)9-17-15(19)13-7-6-12(20-3)8-14(13)16/h6-8,10-11H,4-5,9,16H2,1-3H3,(H,17,19). The largest absolute Gasteiger partial charge is 0.497 e. The molecule has 0 saturated heterocycles. The van der Waals surface area contributed by atoms with Crippen LogP contribution in [0.2, 0.25) is 0 Å². The van der Waals surface area contributed by atoms with E-state index in [1.165, 1.54) is 12.8 Å². The zero-order chi connectivity index (χ0) is 14.7. The van der Waals surface area contributed by atoms with E-state index in [1.807, 2.05) is 0 Å². The predicted molar refractivity (Wildman–Crippen MR) is 80.0 cm³/mol. The van der Waals surface area contributed by atoms with Crippen molar-refractivity contribution in [3.05, 3.63) is 23.8 Å². The maximum absolute atomic E-state index is 12.1. The first-order valence-corrected chi connectivity index (χ1v) is 6.96. The minimum atomic E-state index is -0.138. The quantitative estimate of drug-likeness (QED) is 0.773. The minimum Gasteiger partial charge on any atom is -0.497 e. The van der Waals surface area contributed by atoms with Crippen molar-refractivity contribution in [1.29, 1.82) is 0 Å². The Labute approximate surface area is 120 Å². The second-order valence-electron chi connectivity index (χ2n) is 5.41. The molecule has 1 fully saturated rings. The van der Waals surface area contributed by atoms with Gasteiger partial charge in [-0.25, -0.2) is 0 Å². The van der Waals surface area contributed by atoms with Gasteiger partial charge in [0, 0.05) is 30.4 Å². The van der Waals surface area contributed by atoms with E-state index >= 15 is 0 Å². The zero-order valence-corrected chi connectivity index (χ0v) is 12.3. The lowest BCUT2D eigenvalue weighted by Gasteiger charge is -2.24. The third kappa shape index (κ3) is 3.42. The van der Waals surface area contributed by atoms with Gasteiger partial charge in [-0.05, 0) is 38.9 Å². The average Bonchev–Trinajstić information content (AvgIpc) is 3.27. The van der Waals surface area contributed by atoms with Crippen molar-refractivity contribution in [2.75, 3.05) is 26.4 Å². The fraction of sp³-hybridized carbons (Fsp3) is 0.533. The lowest BCUT2D eigenvalue weighted by molar-refractivity contribution is 0.0940. The van der Waals surface area contributed by atoms with Crippen molar-refractivity contribution < 1.29 is 9.53 Å². The van der Waals surface area contributed by atoms with E-state index in [0.29, 0.717) is 35.6 Å². The summed E-state index contributed by atoms with van der Waals surface area (Å²) in [5, 5.41) is 2.94. The number of carbonyl (C=O) groups excluding carboxylic acids is 1. The SMILES string of the molecule is COc1ccc(C(=O)NCC(C)N(C)C2CC2)c(N)c1. The number of carbonyl (C=O) groups is 1. The van der Waals surface area contributed by atoms with Crippen molar-refractivity contribution in [3.63, 3.8) is 0 Å². The molecule has 1 aromatic carbocycles. The van der Waals surface area contributed by atoms with Gasteiger partial charge in [0.2, 0.25) is 0 Å². The van der Waals surface area contributed by atoms with Crippen LogP contribution in [0.3, 0.4) is 0 Å². The zero-order valence-electron chi connectivity index (χ0n) is 12.3. The Kier molecular flexibility index (Phi) is 4.49. The maximum atomic E-state index is 12.1. The molecule has 0 spiro atoms. The van der Waals surface area contributed by atoms with Crippen molar-refractivity contribution in [2.45, 2.75) is 31.8 Å². The second kappa shape index (κ2) is 6.13. The van der Waals surface area contributed by atoms with Gasteiger partial charge < -0.3 is 15.8 Å². The normalized spacial score (nSPS) is 16.0. The van der Waals surface area contributed by atoms with Gasteiger partial charge in [0.15, 0.2) is 0 Å². The Hall–Kier alpha value is -1.75. The topological polar surface area (TPSA) is 67.6 Å². The second-order valence-corrected chi connectivity index (χ2v) is 5.41. The summed E-state index contributed by atoms with van der Waals surface area (Å²) in [4.78, 5) is 14.4. The van der Waals surface area contributed by atoms with Crippen LogP contribution >= 0.6 is 0 Å². The molecule has 1 atom stereocenters. The molecule has 0 heterocycles. The van der Waals surface area contributed by atoms with Gasteiger partial charge in [0.25, 0.3) is 5.91 Å². The van der Waals surface area contributed by atoms with Crippen LogP contribution in [-0.2, 0) is 0 Å². The van der Waals surface area contributed by atoms with Crippen LogP contribution in [0.1, 0.15) is 30.1 Å². The molecule has 3 N–H and O–H groups in total. The molecule has 1 saturated carbocycles. The molecule has 2 rings (SSSR count). The summed E-state index contributed by atoms with van der Waals surface area (Å²) in [6, 6.07) is 6.11. The Morgan fingerprint density at radius 2 is 2.25 bits per heavy atom. The van der Waals surface area contributed by atoms with Crippen molar-refractivity contribution in [1.82, 2.24) is 10.2 Å². The highest BCUT2D eigenvalue weighted by molar-refractivity contribution is 5.99. The highest BCUT2D eigenvalue weighted by Crippen LogP contribution is 2.26. The third-order valence-electron chi connectivity index (χ3n) is 3.88. The molecule has 1 aliphatic rings. The summed E-state index contributed by atoms with van der Waals surface area (Å²) in [7, 11) is 3.68. The molecule has 0 bridgehead atoms. The molecule has 20 heavy (non-hydrogen) atoms. The van der Waals surface area contributed by atoms with E-state index in [4.69, 9.17) is 10.5 Å². The lowest BCUT2D eigenvalue weighted by atomic mass is 10.1. The molecule has 1 aliphatic carbocycles. The van der Waals surface area contributed by atoms with E-state index in [-0.39, 0.29) is 5.91 Å². The lowest BCUT2D eigenvalue weighted by Crippen LogP contribution is -2.41. The van der Waals surface area contributed by atoms with Crippen LogP contribution in [0.25, 0.3) is 0 Å². The Morgan fingerprint density at radius 1 is 1.55 bits per heavy atom. The van der Waals surface area contributed by atoms with Gasteiger partial charge in [-0.2, -0.15) is 0 Å². The van der Waals surface area contributed by atoms with E-state index in [9.17, 15) is 4.79 Å². The third-order valence-corrected chi connectivity index (χ3v) is 3.88. The number of anilines is 1. The molecule has 1 unspecified atom stereocenters. The van der Waals surface area contributed by atoms with Crippen LogP contribution in [0.4, 0.5) is 5.69 Å². The highest BCUT2D eigenvalue weighted by Gasteiger charge is 2.29. The summed E-state index contributed by atoms with van der Waals surface area (Å²) in [5.74, 6) is 0.516. The fourth-order valence-electron chi connectivity index (χ4n) is 2.20. The number of hydrogen-bond acceptors (Lipinski definition) is 4. The van der Waals surface area contributed by atoms with Crippen molar-refractivity contribution in [3.8, 4) is 5.75 Å². The first kappa shape index (κ1) is 14.7. The predicted octanol–water partition coefficient (Wildman–Crippen LogP) is 1.49.